The molecule has 0 unspecified atom stereocenters. The van der Waals surface area contributed by atoms with Crippen LogP contribution >= 0.6 is 22.7 Å². The molecule has 7 aromatic carbocycles. The van der Waals surface area contributed by atoms with E-state index in [1.54, 1.807) is 0 Å². The summed E-state index contributed by atoms with van der Waals surface area (Å²) >= 11 is 3.92. The first-order chi connectivity index (χ1) is 28.1. The van der Waals surface area contributed by atoms with Crippen LogP contribution in [0.1, 0.15) is 101 Å². The van der Waals surface area contributed by atoms with Gasteiger partial charge in [-0.1, -0.05) is 128 Å². The fourth-order valence-electron chi connectivity index (χ4n) is 10.2. The third-order valence-electron chi connectivity index (χ3n) is 12.8. The van der Waals surface area contributed by atoms with E-state index in [4.69, 9.17) is 0 Å². The Labute approximate surface area is 348 Å². The molecule has 0 atom stereocenters. The Kier molecular flexibility index (Phi) is 8.03. The molecule has 0 aliphatic rings. The molecule has 0 amide bonds. The number of fused-ring (bicyclic) bond motifs is 12. The molecule has 4 aromatic heterocycles. The van der Waals surface area contributed by atoms with Gasteiger partial charge in [0.2, 0.25) is 0 Å². The van der Waals surface area contributed by atoms with E-state index in [0.717, 1.165) is 0 Å². The summed E-state index contributed by atoms with van der Waals surface area (Å²) in [6.45, 7) is 18.7. The average Bonchev–Trinajstić information content (AvgIpc) is 3.76. The summed E-state index contributed by atoms with van der Waals surface area (Å²) in [6, 6.07) is 46.7. The fraction of sp³-hybridized carbons (Fsp3) is 0.222. The zero-order valence-corrected chi connectivity index (χ0v) is 36.2. The molecule has 0 aliphatic carbocycles. The van der Waals surface area contributed by atoms with Gasteiger partial charge in [-0.15, -0.1) is 22.7 Å². The van der Waals surface area contributed by atoms with Gasteiger partial charge in [0.15, 0.2) is 0 Å². The highest BCUT2D eigenvalue weighted by atomic mass is 32.1. The molecule has 0 N–H and O–H groups in total. The summed E-state index contributed by atoms with van der Waals surface area (Å²) in [6.07, 6.45) is 0. The van der Waals surface area contributed by atoms with E-state index in [1.807, 2.05) is 22.7 Å². The smallest absolute Gasteiger partial charge is 0.0736 e. The molecule has 11 aromatic rings. The summed E-state index contributed by atoms with van der Waals surface area (Å²) in [5.41, 5.74) is 18.8. The highest BCUT2D eigenvalue weighted by molar-refractivity contribution is 7.27. The first-order valence-electron chi connectivity index (χ1n) is 21.1. The predicted octanol–water partition coefficient (Wildman–Crippen LogP) is 17.1. The lowest BCUT2D eigenvalue weighted by atomic mass is 9.84. The van der Waals surface area contributed by atoms with E-state index in [2.05, 4.69) is 186 Å². The van der Waals surface area contributed by atoms with Gasteiger partial charge in [-0.25, -0.2) is 0 Å². The van der Waals surface area contributed by atoms with Crippen LogP contribution in [-0.4, -0.2) is 8.80 Å². The van der Waals surface area contributed by atoms with Crippen molar-refractivity contribution in [3.8, 4) is 22.3 Å². The van der Waals surface area contributed by atoms with Crippen LogP contribution in [0.5, 0.6) is 0 Å². The van der Waals surface area contributed by atoms with Gasteiger partial charge >= 0.3 is 0 Å². The third-order valence-corrected chi connectivity index (χ3v) is 15.1. The largest absolute Gasteiger partial charge is 0.306 e. The van der Waals surface area contributed by atoms with E-state index in [-0.39, 0.29) is 0 Å². The van der Waals surface area contributed by atoms with Crippen molar-refractivity contribution in [2.24, 2.45) is 0 Å². The Balaban J connectivity index is 1.37. The number of benzene rings is 7. The number of aromatic nitrogens is 2. The van der Waals surface area contributed by atoms with Crippen molar-refractivity contribution in [2.45, 2.75) is 79.1 Å². The lowest BCUT2D eigenvalue weighted by molar-refractivity contribution is 0.838. The quantitative estimate of drug-likeness (QED) is 0.148. The van der Waals surface area contributed by atoms with Crippen molar-refractivity contribution in [1.82, 2.24) is 8.80 Å². The minimum atomic E-state index is 0.417. The number of para-hydroxylation sites is 2. The second-order valence-corrected chi connectivity index (χ2v) is 19.7. The molecule has 4 heteroatoms. The monoisotopic (exact) mass is 788 g/mol. The van der Waals surface area contributed by atoms with Gasteiger partial charge in [0, 0.05) is 21.5 Å². The molecule has 286 valence electrons. The molecular weight excluding hydrogens is 741 g/mol. The summed E-state index contributed by atoms with van der Waals surface area (Å²) in [5, 5.41) is 5.39. The van der Waals surface area contributed by atoms with E-state index >= 15 is 0 Å². The van der Waals surface area contributed by atoms with Crippen molar-refractivity contribution >= 4 is 96.1 Å². The molecule has 0 saturated carbocycles. The molecule has 4 heterocycles. The van der Waals surface area contributed by atoms with Gasteiger partial charge in [-0.3, -0.25) is 0 Å². The average molecular weight is 789 g/mol. The van der Waals surface area contributed by atoms with Crippen molar-refractivity contribution in [3.63, 3.8) is 0 Å². The Bertz CT molecular complexity index is 3180. The second-order valence-electron chi connectivity index (χ2n) is 17.6. The topological polar surface area (TPSA) is 8.82 Å². The van der Waals surface area contributed by atoms with Crippen molar-refractivity contribution < 1.29 is 0 Å². The van der Waals surface area contributed by atoms with E-state index in [0.29, 0.717) is 23.7 Å². The highest BCUT2D eigenvalue weighted by Gasteiger charge is 2.27. The van der Waals surface area contributed by atoms with Crippen LogP contribution in [0.4, 0.5) is 0 Å². The van der Waals surface area contributed by atoms with Crippen LogP contribution in [0.3, 0.4) is 0 Å². The lowest BCUT2D eigenvalue weighted by Gasteiger charge is -2.20. The molecule has 0 spiro atoms. The Hall–Kier alpha value is -5.42. The maximum atomic E-state index is 2.60. The van der Waals surface area contributed by atoms with Crippen LogP contribution in [0, 0.1) is 0 Å². The van der Waals surface area contributed by atoms with Crippen LogP contribution in [0.2, 0.25) is 0 Å². The van der Waals surface area contributed by atoms with Crippen LogP contribution in [0.15, 0.2) is 121 Å². The number of hydrogen-bond acceptors (Lipinski definition) is 2. The molecular formula is C54H48N2S2. The SMILES string of the molecule is CC(C)c1cccc(C(C)C)c1-c1ccc2c(c1)c1c3sc4ccccc4n4c5ccc(-c6c(C(C)C)cccc6C(C)C)cc5c(c5sc6ccccc6n2c51)c34. The van der Waals surface area contributed by atoms with E-state index in [9.17, 15) is 0 Å². The Morgan fingerprint density at radius 3 is 1.10 bits per heavy atom. The van der Waals surface area contributed by atoms with Gasteiger partial charge in [-0.2, -0.15) is 0 Å². The lowest BCUT2D eigenvalue weighted by Crippen LogP contribution is -1.99. The summed E-state index contributed by atoms with van der Waals surface area (Å²) in [7, 11) is 0. The summed E-state index contributed by atoms with van der Waals surface area (Å²) in [4.78, 5) is 0. The molecule has 0 radical (unpaired) electrons. The standard InChI is InChI=1S/C54H48N2S2/c1-29(2)35-15-13-16-36(30(3)4)47(35)33-23-25-41-39(27-33)49-51-54(58-45-21-11-9-19-43(45)55(41)51)50-40-28-34(48-37(31(5)6)17-14-18-38(48)32(7)8)24-26-42(40)56-44-20-10-12-22-46(44)57-53(49)52(50)56/h9-32H,1-8H3. The minimum Gasteiger partial charge on any atom is -0.306 e. The van der Waals surface area contributed by atoms with Gasteiger partial charge in [0.25, 0.3) is 0 Å². The normalized spacial score (nSPS) is 12.8. The first kappa shape index (κ1) is 35.7. The van der Waals surface area contributed by atoms with E-state index < -0.39 is 0 Å². The Morgan fingerprint density at radius 1 is 0.379 bits per heavy atom. The zero-order chi connectivity index (χ0) is 39.7. The minimum absolute atomic E-state index is 0.417. The van der Waals surface area contributed by atoms with Gasteiger partial charge in [0.05, 0.1) is 51.9 Å². The third kappa shape index (κ3) is 4.94. The zero-order valence-electron chi connectivity index (χ0n) is 34.6. The first-order valence-corrected chi connectivity index (χ1v) is 22.7. The van der Waals surface area contributed by atoms with Crippen molar-refractivity contribution in [1.29, 1.82) is 0 Å². The molecule has 0 saturated heterocycles. The van der Waals surface area contributed by atoms with Gasteiger partial charge < -0.3 is 8.80 Å². The fourth-order valence-corrected chi connectivity index (χ4v) is 12.6. The van der Waals surface area contributed by atoms with Gasteiger partial charge in [-0.05, 0) is 117 Å². The van der Waals surface area contributed by atoms with Crippen LogP contribution in [0.25, 0.3) is 95.7 Å². The highest BCUT2D eigenvalue weighted by Crippen LogP contribution is 2.52. The molecule has 2 nitrogen and oxygen atoms in total. The number of hydrogen-bond donors (Lipinski definition) is 0. The van der Waals surface area contributed by atoms with Crippen molar-refractivity contribution in [2.75, 3.05) is 0 Å². The molecule has 0 fully saturated rings. The molecule has 0 bridgehead atoms. The Morgan fingerprint density at radius 2 is 0.741 bits per heavy atom. The number of rotatable bonds is 6. The number of nitrogens with zero attached hydrogens (tertiary/aromatic N) is 2. The summed E-state index contributed by atoms with van der Waals surface area (Å²) in [5.74, 6) is 1.67. The predicted molar refractivity (Wildman–Crippen MR) is 256 cm³/mol. The van der Waals surface area contributed by atoms with E-state index in [1.165, 1.54) is 118 Å². The van der Waals surface area contributed by atoms with Crippen LogP contribution < -0.4 is 0 Å². The molecule has 0 aliphatic heterocycles. The van der Waals surface area contributed by atoms with Crippen molar-refractivity contribution in [3.05, 3.63) is 144 Å². The molecule has 11 rings (SSSR count). The maximum absolute atomic E-state index is 2.60. The van der Waals surface area contributed by atoms with Gasteiger partial charge in [0.1, 0.15) is 0 Å². The molecule has 58 heavy (non-hydrogen) atoms. The summed E-state index contributed by atoms with van der Waals surface area (Å²) < 4.78 is 10.5. The second kappa shape index (κ2) is 13.0. The maximum Gasteiger partial charge on any atom is 0.0736 e. The van der Waals surface area contributed by atoms with Crippen LogP contribution in [-0.2, 0) is 0 Å².